The molecule has 1 aromatic heterocycles. The lowest BCUT2D eigenvalue weighted by Crippen LogP contribution is -2.37. The number of unbranched alkanes of at least 4 members (excludes halogenated alkanes) is 1. The Kier molecular flexibility index (Phi) is 7.05. The number of benzene rings is 1. The Balaban J connectivity index is 2.46. The first-order valence-corrected chi connectivity index (χ1v) is 9.09. The van der Waals surface area contributed by atoms with Crippen molar-refractivity contribution < 1.29 is 18.0 Å². The number of nitrogens with zero attached hydrogens (tertiary/aromatic N) is 5. The molecule has 160 valence electrons. The van der Waals surface area contributed by atoms with E-state index in [0.717, 1.165) is 18.6 Å². The van der Waals surface area contributed by atoms with Gasteiger partial charge in [0.25, 0.3) is 0 Å². The number of hydrogen-bond donors (Lipinski definition) is 2. The van der Waals surface area contributed by atoms with E-state index in [1.54, 1.807) is 19.0 Å². The van der Waals surface area contributed by atoms with E-state index < -0.39 is 17.8 Å². The number of carbonyl (C=O) groups excluding carboxylic acids is 1. The van der Waals surface area contributed by atoms with Crippen molar-refractivity contribution in [2.24, 2.45) is 0 Å². The summed E-state index contributed by atoms with van der Waals surface area (Å²) in [5.74, 6) is 0.0843. The molecule has 11 heteroatoms. The molecule has 0 saturated carbocycles. The second kappa shape index (κ2) is 9.30. The monoisotopic (exact) mass is 421 g/mol. The Morgan fingerprint density at radius 1 is 1.27 bits per heavy atom. The van der Waals surface area contributed by atoms with Crippen LogP contribution in [0, 0.1) is 11.3 Å². The molecule has 0 fully saturated rings. The highest BCUT2D eigenvalue weighted by molar-refractivity contribution is 6.02. The topological polar surface area (TPSA) is 111 Å². The predicted octanol–water partition coefficient (Wildman–Crippen LogP) is 3.85. The Morgan fingerprint density at radius 3 is 2.50 bits per heavy atom. The van der Waals surface area contributed by atoms with E-state index in [1.165, 1.54) is 17.0 Å². The van der Waals surface area contributed by atoms with E-state index in [2.05, 4.69) is 15.3 Å². The van der Waals surface area contributed by atoms with E-state index in [1.807, 2.05) is 13.0 Å². The maximum absolute atomic E-state index is 13.0. The van der Waals surface area contributed by atoms with Crippen LogP contribution in [0.4, 0.5) is 41.2 Å². The van der Waals surface area contributed by atoms with Gasteiger partial charge in [0, 0.05) is 26.3 Å². The summed E-state index contributed by atoms with van der Waals surface area (Å²) < 4.78 is 38.9. The zero-order valence-corrected chi connectivity index (χ0v) is 16.8. The first-order valence-electron chi connectivity index (χ1n) is 9.09. The van der Waals surface area contributed by atoms with Gasteiger partial charge < -0.3 is 16.0 Å². The number of nitrogens with two attached hydrogens (primary N) is 1. The predicted molar refractivity (Wildman–Crippen MR) is 108 cm³/mol. The van der Waals surface area contributed by atoms with Crippen LogP contribution in [-0.2, 0) is 6.18 Å². The maximum Gasteiger partial charge on any atom is 0.416 e. The van der Waals surface area contributed by atoms with Crippen molar-refractivity contribution in [3.8, 4) is 6.07 Å². The smallest absolute Gasteiger partial charge is 0.368 e. The van der Waals surface area contributed by atoms with Gasteiger partial charge in [0.1, 0.15) is 11.6 Å². The van der Waals surface area contributed by atoms with Crippen LogP contribution in [0.5, 0.6) is 0 Å². The highest BCUT2D eigenvalue weighted by Crippen LogP contribution is 2.31. The van der Waals surface area contributed by atoms with Crippen LogP contribution in [0.2, 0.25) is 0 Å². The second-order valence-corrected chi connectivity index (χ2v) is 6.62. The number of nitrogen functional groups attached to an aromatic ring is 1. The molecule has 0 aliphatic heterocycles. The molecule has 0 radical (unpaired) electrons. The number of amides is 2. The quantitative estimate of drug-likeness (QED) is 0.733. The Hall–Kier alpha value is -3.55. The number of urea groups is 1. The maximum atomic E-state index is 13.0. The van der Waals surface area contributed by atoms with Gasteiger partial charge in [0.15, 0.2) is 11.6 Å². The molecule has 2 amide bonds. The van der Waals surface area contributed by atoms with Crippen LogP contribution in [0.3, 0.4) is 0 Å². The standard InChI is InChI=1S/C19H22F3N7O/c1-4-5-9-29(16-14(11-23)15(28(2)3)26-17(24)27-16)18(30)25-13-8-6-7-12(10-13)19(20,21)22/h6-8,10H,4-5,9H2,1-3H3,(H,25,30)(H2,24,26,27). The molecule has 2 rings (SSSR count). The number of halogens is 3. The second-order valence-electron chi connectivity index (χ2n) is 6.62. The number of nitriles is 1. The van der Waals surface area contributed by atoms with Gasteiger partial charge in [-0.15, -0.1) is 0 Å². The lowest BCUT2D eigenvalue weighted by molar-refractivity contribution is -0.137. The molecular formula is C19H22F3N7O. The van der Waals surface area contributed by atoms with Crippen molar-refractivity contribution in [1.82, 2.24) is 9.97 Å². The van der Waals surface area contributed by atoms with Crippen LogP contribution in [0.1, 0.15) is 30.9 Å². The minimum Gasteiger partial charge on any atom is -0.368 e. The third kappa shape index (κ3) is 5.28. The minimum absolute atomic E-state index is 0.00775. The Labute approximate surface area is 172 Å². The first-order chi connectivity index (χ1) is 14.1. The van der Waals surface area contributed by atoms with Gasteiger partial charge in [-0.2, -0.15) is 28.4 Å². The summed E-state index contributed by atoms with van der Waals surface area (Å²) >= 11 is 0. The van der Waals surface area contributed by atoms with Crippen molar-refractivity contribution in [3.63, 3.8) is 0 Å². The number of rotatable bonds is 6. The lowest BCUT2D eigenvalue weighted by Gasteiger charge is -2.25. The van der Waals surface area contributed by atoms with Gasteiger partial charge in [-0.3, -0.25) is 4.90 Å². The average Bonchev–Trinajstić information content (AvgIpc) is 2.67. The van der Waals surface area contributed by atoms with Crippen LogP contribution in [-0.4, -0.2) is 36.6 Å². The lowest BCUT2D eigenvalue weighted by atomic mass is 10.2. The highest BCUT2D eigenvalue weighted by Gasteiger charge is 2.31. The average molecular weight is 421 g/mol. The Bertz CT molecular complexity index is 954. The number of aromatic nitrogens is 2. The summed E-state index contributed by atoms with van der Waals surface area (Å²) in [5, 5.41) is 12.1. The largest absolute Gasteiger partial charge is 0.416 e. The van der Waals surface area contributed by atoms with Crippen molar-refractivity contribution in [3.05, 3.63) is 35.4 Å². The summed E-state index contributed by atoms with van der Waals surface area (Å²) in [5.41, 5.74) is 4.87. The summed E-state index contributed by atoms with van der Waals surface area (Å²) in [6.45, 7) is 2.09. The molecule has 8 nitrogen and oxygen atoms in total. The summed E-state index contributed by atoms with van der Waals surface area (Å²) in [6.07, 6.45) is -3.24. The zero-order valence-electron chi connectivity index (χ0n) is 16.8. The van der Waals surface area contributed by atoms with E-state index in [9.17, 15) is 23.2 Å². The summed E-state index contributed by atoms with van der Waals surface area (Å²) in [4.78, 5) is 23.8. The van der Waals surface area contributed by atoms with Crippen LogP contribution >= 0.6 is 0 Å². The van der Waals surface area contributed by atoms with E-state index >= 15 is 0 Å². The zero-order chi connectivity index (χ0) is 22.5. The number of carbonyl (C=O) groups is 1. The SMILES string of the molecule is CCCCN(C(=O)Nc1cccc(C(F)(F)F)c1)c1nc(N)nc(N(C)C)c1C#N. The van der Waals surface area contributed by atoms with Crippen molar-refractivity contribution >= 4 is 29.3 Å². The molecule has 3 N–H and O–H groups in total. The number of anilines is 4. The van der Waals surface area contributed by atoms with Gasteiger partial charge in [-0.1, -0.05) is 19.4 Å². The Morgan fingerprint density at radius 2 is 1.93 bits per heavy atom. The highest BCUT2D eigenvalue weighted by atomic mass is 19.4. The van der Waals surface area contributed by atoms with Crippen LogP contribution < -0.4 is 20.9 Å². The fraction of sp³-hybridized carbons (Fsp3) is 0.368. The molecule has 0 spiro atoms. The minimum atomic E-state index is -4.54. The fourth-order valence-corrected chi connectivity index (χ4v) is 2.66. The van der Waals surface area contributed by atoms with Crippen molar-refractivity contribution in [2.75, 3.05) is 41.5 Å². The molecule has 1 heterocycles. The molecule has 0 aliphatic carbocycles. The third-order valence-electron chi connectivity index (χ3n) is 4.10. The molecule has 0 saturated heterocycles. The number of nitrogens with one attached hydrogen (secondary N) is 1. The molecule has 0 atom stereocenters. The van der Waals surface area contributed by atoms with E-state index in [4.69, 9.17) is 5.73 Å². The molecule has 0 aliphatic rings. The van der Waals surface area contributed by atoms with Gasteiger partial charge in [-0.25, -0.2) is 4.79 Å². The number of hydrogen-bond acceptors (Lipinski definition) is 6. The molecule has 2 aromatic rings. The third-order valence-corrected chi connectivity index (χ3v) is 4.10. The van der Waals surface area contributed by atoms with Crippen molar-refractivity contribution in [2.45, 2.75) is 25.9 Å². The van der Waals surface area contributed by atoms with Gasteiger partial charge >= 0.3 is 12.2 Å². The van der Waals surface area contributed by atoms with E-state index in [0.29, 0.717) is 6.42 Å². The first kappa shape index (κ1) is 22.7. The van der Waals surface area contributed by atoms with Crippen LogP contribution in [0.25, 0.3) is 0 Å². The molecular weight excluding hydrogens is 399 g/mol. The summed E-state index contributed by atoms with van der Waals surface area (Å²) in [6, 6.07) is 5.53. The van der Waals surface area contributed by atoms with Gasteiger partial charge in [-0.05, 0) is 24.6 Å². The normalized spacial score (nSPS) is 11.0. The number of alkyl halides is 3. The summed E-state index contributed by atoms with van der Waals surface area (Å²) in [7, 11) is 3.32. The van der Waals surface area contributed by atoms with Crippen molar-refractivity contribution in [1.29, 1.82) is 5.26 Å². The molecule has 1 aromatic carbocycles. The fourth-order valence-electron chi connectivity index (χ4n) is 2.66. The van der Waals surface area contributed by atoms with Gasteiger partial charge in [0.05, 0.1) is 5.56 Å². The molecule has 0 unspecified atom stereocenters. The molecule has 0 bridgehead atoms. The van der Waals surface area contributed by atoms with Crippen LogP contribution in [0.15, 0.2) is 24.3 Å². The van der Waals surface area contributed by atoms with E-state index in [-0.39, 0.29) is 35.4 Å². The molecule has 30 heavy (non-hydrogen) atoms. The van der Waals surface area contributed by atoms with Gasteiger partial charge in [0.2, 0.25) is 5.95 Å².